The third-order valence-corrected chi connectivity index (χ3v) is 5.71. The van der Waals surface area contributed by atoms with Crippen molar-refractivity contribution in [3.63, 3.8) is 0 Å². The summed E-state index contributed by atoms with van der Waals surface area (Å²) in [7, 11) is 0. The van der Waals surface area contributed by atoms with Gasteiger partial charge in [-0.15, -0.1) is 11.6 Å². The third-order valence-electron chi connectivity index (χ3n) is 5.31. The third kappa shape index (κ3) is 4.09. The van der Waals surface area contributed by atoms with Gasteiger partial charge in [0.25, 0.3) is 0 Å². The van der Waals surface area contributed by atoms with Gasteiger partial charge < -0.3 is 14.6 Å². The van der Waals surface area contributed by atoms with Crippen LogP contribution >= 0.6 is 11.6 Å². The molecule has 2 rings (SSSR count). The minimum absolute atomic E-state index is 0.0590. The Bertz CT molecular complexity index is 535. The van der Waals surface area contributed by atoms with E-state index in [4.69, 9.17) is 26.2 Å². The molecule has 5 atom stereocenters. The van der Waals surface area contributed by atoms with Crippen LogP contribution in [-0.4, -0.2) is 46.6 Å². The summed E-state index contributed by atoms with van der Waals surface area (Å²) in [6, 6.07) is -1.01. The molecular formula is C17H26ClNO5. The first-order valence-electron chi connectivity index (χ1n) is 8.44. The fraction of sp³-hybridized carbons (Fsp3) is 0.824. The van der Waals surface area contributed by atoms with Gasteiger partial charge in [-0.25, -0.2) is 9.59 Å². The zero-order chi connectivity index (χ0) is 18.1. The number of nitrogens with zero attached hydrogens (tertiary/aromatic N) is 1. The highest BCUT2D eigenvalue weighted by Gasteiger charge is 2.44. The molecule has 0 aromatic rings. The van der Waals surface area contributed by atoms with E-state index in [9.17, 15) is 9.59 Å². The predicted octanol–water partition coefficient (Wildman–Crippen LogP) is 3.01. The van der Waals surface area contributed by atoms with Crippen LogP contribution in [-0.2, 0) is 19.1 Å². The second kappa shape index (κ2) is 7.40. The second-order valence-corrected chi connectivity index (χ2v) is 7.80. The molecule has 1 saturated carbocycles. The summed E-state index contributed by atoms with van der Waals surface area (Å²) in [5, 5.41) is 7.93. The molecule has 1 N–H and O–H groups in total. The molecule has 0 amide bonds. The minimum Gasteiger partial charge on any atom is -0.480 e. The number of carboxylic acid groups (broad SMARTS) is 1. The number of rotatable bonds is 5. The summed E-state index contributed by atoms with van der Waals surface area (Å²) in [4.78, 5) is 26.8. The summed E-state index contributed by atoms with van der Waals surface area (Å²) in [6.07, 6.45) is 2.89. The number of carboxylic acids is 1. The number of aliphatic imine (C=N–C) groups is 1. The van der Waals surface area contributed by atoms with Crippen molar-refractivity contribution in [1.29, 1.82) is 0 Å². The molecule has 0 radical (unpaired) electrons. The number of carbonyl (C=O) groups is 2. The molecule has 1 aliphatic carbocycles. The largest absolute Gasteiger partial charge is 0.480 e. The first-order chi connectivity index (χ1) is 11.1. The smallest absolute Gasteiger partial charge is 0.332 e. The molecule has 7 heteroatoms. The maximum absolute atomic E-state index is 11.8. The molecule has 2 aliphatic rings. The van der Waals surface area contributed by atoms with Crippen molar-refractivity contribution in [2.24, 2.45) is 16.3 Å². The standard InChI is InChI=1S/C17H26ClNO5/c1-9(2)17(4)7-5-6-11(8-17)23-16-13(12(18)15(22)24-16)19-10(3)14(20)21/h9-12,16H,5-8H2,1-4H3,(H,20,21)/t10-,11?,12?,16-,17?/m0/s1. The Labute approximate surface area is 147 Å². The van der Waals surface area contributed by atoms with Crippen molar-refractivity contribution in [2.75, 3.05) is 0 Å². The molecular weight excluding hydrogens is 334 g/mol. The number of hydrogen-bond acceptors (Lipinski definition) is 5. The van der Waals surface area contributed by atoms with E-state index in [-0.39, 0.29) is 17.2 Å². The van der Waals surface area contributed by atoms with Gasteiger partial charge >= 0.3 is 11.9 Å². The van der Waals surface area contributed by atoms with Crippen molar-refractivity contribution < 1.29 is 24.2 Å². The van der Waals surface area contributed by atoms with Gasteiger partial charge in [0.15, 0.2) is 5.38 Å². The van der Waals surface area contributed by atoms with Gasteiger partial charge in [-0.1, -0.05) is 27.2 Å². The summed E-state index contributed by atoms with van der Waals surface area (Å²) in [5.41, 5.74) is 0.339. The molecule has 1 saturated heterocycles. The van der Waals surface area contributed by atoms with Crippen LogP contribution in [0, 0.1) is 11.3 Å². The minimum atomic E-state index is -1.09. The van der Waals surface area contributed by atoms with Crippen LogP contribution in [0.4, 0.5) is 0 Å². The Morgan fingerprint density at radius 2 is 2.12 bits per heavy atom. The van der Waals surface area contributed by atoms with Crippen molar-refractivity contribution in [3.8, 4) is 0 Å². The van der Waals surface area contributed by atoms with E-state index in [0.29, 0.717) is 5.92 Å². The van der Waals surface area contributed by atoms with E-state index >= 15 is 0 Å². The fourth-order valence-electron chi connectivity index (χ4n) is 3.24. The number of halogens is 1. The van der Waals surface area contributed by atoms with Crippen LogP contribution < -0.4 is 0 Å². The van der Waals surface area contributed by atoms with Gasteiger partial charge in [0, 0.05) is 0 Å². The number of hydrogen-bond donors (Lipinski definition) is 1. The lowest BCUT2D eigenvalue weighted by Gasteiger charge is -2.41. The number of carbonyl (C=O) groups excluding carboxylic acids is 1. The van der Waals surface area contributed by atoms with Crippen molar-refractivity contribution in [3.05, 3.63) is 0 Å². The number of alkyl halides is 1. The van der Waals surface area contributed by atoms with E-state index in [1.54, 1.807) is 0 Å². The van der Waals surface area contributed by atoms with Crippen LogP contribution in [0.2, 0.25) is 0 Å². The average molecular weight is 360 g/mol. The number of cyclic esters (lactones) is 1. The van der Waals surface area contributed by atoms with E-state index < -0.39 is 29.6 Å². The lowest BCUT2D eigenvalue weighted by atomic mass is 9.67. The van der Waals surface area contributed by atoms with Crippen molar-refractivity contribution in [1.82, 2.24) is 0 Å². The highest BCUT2D eigenvalue weighted by Crippen LogP contribution is 2.43. The van der Waals surface area contributed by atoms with Gasteiger partial charge in [0.1, 0.15) is 11.8 Å². The molecule has 3 unspecified atom stereocenters. The Balaban J connectivity index is 2.12. The monoisotopic (exact) mass is 359 g/mol. The van der Waals surface area contributed by atoms with Crippen molar-refractivity contribution in [2.45, 2.75) is 77.2 Å². The van der Waals surface area contributed by atoms with Crippen LogP contribution in [0.5, 0.6) is 0 Å². The summed E-state index contributed by atoms with van der Waals surface area (Å²) < 4.78 is 11.2. The Kier molecular flexibility index (Phi) is 5.91. The molecule has 0 aromatic carbocycles. The van der Waals surface area contributed by atoms with Gasteiger partial charge in [0.05, 0.1) is 6.10 Å². The first-order valence-corrected chi connectivity index (χ1v) is 8.88. The normalized spacial score (nSPS) is 36.8. The second-order valence-electron chi connectivity index (χ2n) is 7.36. The Morgan fingerprint density at radius 1 is 1.46 bits per heavy atom. The predicted molar refractivity (Wildman–Crippen MR) is 90.3 cm³/mol. The topological polar surface area (TPSA) is 85.2 Å². The molecule has 0 aromatic heterocycles. The number of ether oxygens (including phenoxy) is 2. The maximum Gasteiger partial charge on any atom is 0.332 e. The molecule has 6 nitrogen and oxygen atoms in total. The van der Waals surface area contributed by atoms with Crippen LogP contribution in [0.3, 0.4) is 0 Å². The van der Waals surface area contributed by atoms with Gasteiger partial charge in [-0.3, -0.25) is 4.99 Å². The maximum atomic E-state index is 11.8. The molecule has 136 valence electrons. The number of esters is 1. The molecule has 0 bridgehead atoms. The van der Waals surface area contributed by atoms with Crippen LogP contribution in [0.25, 0.3) is 0 Å². The van der Waals surface area contributed by atoms with E-state index in [1.165, 1.54) is 6.92 Å². The fourth-order valence-corrected chi connectivity index (χ4v) is 3.45. The van der Waals surface area contributed by atoms with Crippen molar-refractivity contribution >= 4 is 29.3 Å². The molecule has 1 aliphatic heterocycles. The Morgan fingerprint density at radius 3 is 2.71 bits per heavy atom. The SMILES string of the molecule is CC(C)C1(C)CCCC(O[C@H]2OC(=O)C(Cl)C2=N[C@@H](C)C(=O)O)C1. The molecule has 1 heterocycles. The highest BCUT2D eigenvalue weighted by molar-refractivity contribution is 6.44. The van der Waals surface area contributed by atoms with Crippen LogP contribution in [0.15, 0.2) is 4.99 Å². The quantitative estimate of drug-likeness (QED) is 0.602. The first kappa shape index (κ1) is 19.2. The van der Waals surface area contributed by atoms with Gasteiger partial charge in [0.2, 0.25) is 6.29 Å². The molecule has 0 spiro atoms. The van der Waals surface area contributed by atoms with Gasteiger partial charge in [-0.05, 0) is 37.5 Å². The van der Waals surface area contributed by atoms with E-state index in [1.807, 2.05) is 0 Å². The molecule has 24 heavy (non-hydrogen) atoms. The summed E-state index contributed by atoms with van der Waals surface area (Å²) >= 11 is 6.02. The van der Waals surface area contributed by atoms with E-state index in [0.717, 1.165) is 25.7 Å². The zero-order valence-corrected chi connectivity index (χ0v) is 15.4. The molecule has 2 fully saturated rings. The lowest BCUT2D eigenvalue weighted by Crippen LogP contribution is -2.38. The van der Waals surface area contributed by atoms with Gasteiger partial charge in [-0.2, -0.15) is 0 Å². The Hall–Kier alpha value is -1.14. The number of aliphatic carboxylic acids is 1. The summed E-state index contributed by atoms with van der Waals surface area (Å²) in [5.74, 6) is -1.20. The van der Waals surface area contributed by atoms with Crippen LogP contribution in [0.1, 0.15) is 53.4 Å². The summed E-state index contributed by atoms with van der Waals surface area (Å²) in [6.45, 7) is 8.08. The zero-order valence-electron chi connectivity index (χ0n) is 14.6. The highest BCUT2D eigenvalue weighted by atomic mass is 35.5. The lowest BCUT2D eigenvalue weighted by molar-refractivity contribution is -0.169. The average Bonchev–Trinajstić information content (AvgIpc) is 2.74. The van der Waals surface area contributed by atoms with E-state index in [2.05, 4.69) is 25.8 Å².